The monoisotopic (exact) mass is 351 g/mol. The minimum absolute atomic E-state index is 0.445. The van der Waals surface area contributed by atoms with Crippen LogP contribution in [0, 0.1) is 0 Å². The van der Waals surface area contributed by atoms with Crippen LogP contribution in [-0.2, 0) is 24.3 Å². The number of benzene rings is 1. The van der Waals surface area contributed by atoms with Crippen LogP contribution in [0.25, 0.3) is 0 Å². The first-order valence-corrected chi connectivity index (χ1v) is 8.08. The molecule has 104 valence electrons. The van der Waals surface area contributed by atoms with Gasteiger partial charge in [0.25, 0.3) is 0 Å². The van der Waals surface area contributed by atoms with E-state index in [-0.39, 0.29) is 0 Å². The van der Waals surface area contributed by atoms with Crippen LogP contribution in [0.2, 0.25) is 0 Å². The van der Waals surface area contributed by atoms with Crippen LogP contribution in [-0.4, -0.2) is 22.0 Å². The third kappa shape index (κ3) is 2.66. The number of carboxylic acid groups (broad SMARTS) is 1. The highest BCUT2D eigenvalue weighted by atomic mass is 79.9. The van der Waals surface area contributed by atoms with Crippen molar-refractivity contribution in [1.29, 1.82) is 0 Å². The summed E-state index contributed by atoms with van der Waals surface area (Å²) in [6, 6.07) is 9.67. The highest BCUT2D eigenvalue weighted by Gasteiger charge is 2.31. The quantitative estimate of drug-likeness (QED) is 0.919. The van der Waals surface area contributed by atoms with Crippen molar-refractivity contribution in [2.45, 2.75) is 25.6 Å². The molecule has 0 fully saturated rings. The number of thiophene rings is 1. The Kier molecular flexibility index (Phi) is 3.92. The molecule has 5 heteroatoms. The predicted molar refractivity (Wildman–Crippen MR) is 82.8 cm³/mol. The van der Waals surface area contributed by atoms with Crippen molar-refractivity contribution < 1.29 is 9.90 Å². The van der Waals surface area contributed by atoms with Gasteiger partial charge in [-0.2, -0.15) is 0 Å². The van der Waals surface area contributed by atoms with Gasteiger partial charge < -0.3 is 5.11 Å². The van der Waals surface area contributed by atoms with Gasteiger partial charge in [-0.15, -0.1) is 11.3 Å². The summed E-state index contributed by atoms with van der Waals surface area (Å²) in [4.78, 5) is 14.8. The second-order valence-corrected chi connectivity index (χ2v) is 6.78. The Balaban J connectivity index is 1.89. The van der Waals surface area contributed by atoms with E-state index in [9.17, 15) is 9.90 Å². The largest absolute Gasteiger partial charge is 0.480 e. The molecule has 1 aromatic carbocycles. The SMILES string of the molecule is O=C(O)C1Cc2ccccc2CN1Cc1sccc1Br. The lowest BCUT2D eigenvalue weighted by Crippen LogP contribution is -2.44. The molecule has 20 heavy (non-hydrogen) atoms. The Bertz CT molecular complexity index is 640. The first-order valence-electron chi connectivity index (χ1n) is 6.40. The fourth-order valence-corrected chi connectivity index (χ4v) is 4.11. The van der Waals surface area contributed by atoms with Gasteiger partial charge in [0.05, 0.1) is 0 Å². The molecule has 2 aromatic rings. The summed E-state index contributed by atoms with van der Waals surface area (Å²) in [6.07, 6.45) is 0.578. The lowest BCUT2D eigenvalue weighted by molar-refractivity contribution is -0.144. The lowest BCUT2D eigenvalue weighted by Gasteiger charge is -2.34. The third-order valence-corrected chi connectivity index (χ3v) is 5.58. The van der Waals surface area contributed by atoms with Crippen molar-refractivity contribution in [1.82, 2.24) is 4.90 Å². The summed E-state index contributed by atoms with van der Waals surface area (Å²) < 4.78 is 1.06. The molecule has 0 spiro atoms. The Morgan fingerprint density at radius 2 is 2.10 bits per heavy atom. The van der Waals surface area contributed by atoms with Crippen molar-refractivity contribution in [2.24, 2.45) is 0 Å². The molecular formula is C15H14BrNO2S. The zero-order valence-electron chi connectivity index (χ0n) is 10.8. The first kappa shape index (κ1) is 13.8. The summed E-state index contributed by atoms with van der Waals surface area (Å²) >= 11 is 5.17. The van der Waals surface area contributed by atoms with Gasteiger partial charge in [0.15, 0.2) is 0 Å². The summed E-state index contributed by atoms with van der Waals surface area (Å²) in [5.41, 5.74) is 2.39. The Morgan fingerprint density at radius 3 is 2.75 bits per heavy atom. The maximum atomic E-state index is 11.5. The number of carboxylic acids is 1. The number of hydrogen-bond acceptors (Lipinski definition) is 3. The van der Waals surface area contributed by atoms with E-state index in [0.717, 1.165) is 10.0 Å². The minimum Gasteiger partial charge on any atom is -0.480 e. The number of rotatable bonds is 3. The molecule has 0 bridgehead atoms. The van der Waals surface area contributed by atoms with E-state index in [1.54, 1.807) is 11.3 Å². The Labute approximate surface area is 130 Å². The number of carbonyl (C=O) groups is 1. The maximum Gasteiger partial charge on any atom is 0.321 e. The van der Waals surface area contributed by atoms with Crippen LogP contribution in [0.15, 0.2) is 40.2 Å². The molecule has 0 amide bonds. The topological polar surface area (TPSA) is 40.5 Å². The Morgan fingerprint density at radius 1 is 1.35 bits per heavy atom. The smallest absolute Gasteiger partial charge is 0.321 e. The molecule has 1 N–H and O–H groups in total. The van der Waals surface area contributed by atoms with Crippen LogP contribution in [0.4, 0.5) is 0 Å². The van der Waals surface area contributed by atoms with Crippen molar-refractivity contribution >= 4 is 33.2 Å². The average molecular weight is 352 g/mol. The van der Waals surface area contributed by atoms with Gasteiger partial charge in [0.1, 0.15) is 6.04 Å². The molecule has 1 aliphatic heterocycles. The molecule has 3 nitrogen and oxygen atoms in total. The van der Waals surface area contributed by atoms with E-state index in [2.05, 4.69) is 22.0 Å². The van der Waals surface area contributed by atoms with E-state index < -0.39 is 12.0 Å². The van der Waals surface area contributed by atoms with Crippen molar-refractivity contribution in [3.8, 4) is 0 Å². The van der Waals surface area contributed by atoms with Crippen LogP contribution < -0.4 is 0 Å². The molecule has 1 aliphatic rings. The lowest BCUT2D eigenvalue weighted by atomic mass is 9.94. The first-order chi connectivity index (χ1) is 9.65. The number of hydrogen-bond donors (Lipinski definition) is 1. The van der Waals surface area contributed by atoms with Crippen molar-refractivity contribution in [3.63, 3.8) is 0 Å². The highest BCUT2D eigenvalue weighted by Crippen LogP contribution is 2.29. The molecule has 0 radical (unpaired) electrons. The van der Waals surface area contributed by atoms with Crippen LogP contribution in [0.1, 0.15) is 16.0 Å². The third-order valence-electron chi connectivity index (χ3n) is 3.67. The van der Waals surface area contributed by atoms with Gasteiger partial charge in [0.2, 0.25) is 0 Å². The van der Waals surface area contributed by atoms with Gasteiger partial charge in [-0.1, -0.05) is 24.3 Å². The number of fused-ring (bicyclic) bond motifs is 1. The minimum atomic E-state index is -0.743. The van der Waals surface area contributed by atoms with Crippen LogP contribution in [0.3, 0.4) is 0 Å². The summed E-state index contributed by atoms with van der Waals surface area (Å²) in [5, 5.41) is 11.5. The van der Waals surface area contributed by atoms with Gasteiger partial charge in [-0.3, -0.25) is 9.69 Å². The number of halogens is 1. The summed E-state index contributed by atoms with van der Waals surface area (Å²) in [6.45, 7) is 1.36. The normalized spacial score (nSPS) is 18.8. The molecule has 0 saturated carbocycles. The second kappa shape index (κ2) is 5.68. The van der Waals surface area contributed by atoms with Gasteiger partial charge in [-0.25, -0.2) is 0 Å². The fraction of sp³-hybridized carbons (Fsp3) is 0.267. The maximum absolute atomic E-state index is 11.5. The zero-order chi connectivity index (χ0) is 14.1. The van der Waals surface area contributed by atoms with Crippen molar-refractivity contribution in [2.75, 3.05) is 0 Å². The summed E-state index contributed by atoms with van der Waals surface area (Å²) in [7, 11) is 0. The standard InChI is InChI=1S/C15H14BrNO2S/c16-12-5-6-20-14(12)9-17-8-11-4-2-1-3-10(11)7-13(17)15(18)19/h1-6,13H,7-9H2,(H,18,19). The van der Waals surface area contributed by atoms with E-state index in [1.807, 2.05) is 34.5 Å². The number of aliphatic carboxylic acids is 1. The van der Waals surface area contributed by atoms with E-state index >= 15 is 0 Å². The van der Waals surface area contributed by atoms with E-state index in [1.165, 1.54) is 10.4 Å². The second-order valence-electron chi connectivity index (χ2n) is 4.92. The molecule has 1 unspecified atom stereocenters. The van der Waals surface area contributed by atoms with Crippen LogP contribution in [0.5, 0.6) is 0 Å². The molecule has 1 atom stereocenters. The molecule has 0 aliphatic carbocycles. The predicted octanol–water partition coefficient (Wildman–Crippen LogP) is 3.52. The van der Waals surface area contributed by atoms with E-state index in [0.29, 0.717) is 19.5 Å². The average Bonchev–Trinajstić information content (AvgIpc) is 2.83. The molecule has 3 rings (SSSR count). The van der Waals surface area contributed by atoms with Gasteiger partial charge >= 0.3 is 5.97 Å². The molecule has 2 heterocycles. The zero-order valence-corrected chi connectivity index (χ0v) is 13.2. The fourth-order valence-electron chi connectivity index (χ4n) is 2.61. The van der Waals surface area contributed by atoms with Gasteiger partial charge in [-0.05, 0) is 44.9 Å². The van der Waals surface area contributed by atoms with Crippen molar-refractivity contribution in [3.05, 3.63) is 56.2 Å². The van der Waals surface area contributed by atoms with E-state index in [4.69, 9.17) is 0 Å². The number of nitrogens with zero attached hydrogens (tertiary/aromatic N) is 1. The highest BCUT2D eigenvalue weighted by molar-refractivity contribution is 9.10. The molecule has 0 saturated heterocycles. The molecular weight excluding hydrogens is 338 g/mol. The molecule has 1 aromatic heterocycles. The van der Waals surface area contributed by atoms with Crippen LogP contribution >= 0.6 is 27.3 Å². The Hall–Kier alpha value is -1.17. The summed E-state index contributed by atoms with van der Waals surface area (Å²) in [5.74, 6) is -0.743. The van der Waals surface area contributed by atoms with Gasteiger partial charge in [0, 0.05) is 22.4 Å².